The predicted molar refractivity (Wildman–Crippen MR) is 81.1 cm³/mol. The van der Waals surface area contributed by atoms with Gasteiger partial charge in [-0.15, -0.1) is 11.3 Å². The number of nitrogens with two attached hydrogens (primary N) is 2. The number of nitrogens with zero attached hydrogens (tertiary/aromatic N) is 1. The lowest BCUT2D eigenvalue weighted by atomic mass is 10.1. The van der Waals surface area contributed by atoms with Crippen molar-refractivity contribution in [1.82, 2.24) is 9.97 Å². The number of H-pyrrole nitrogens is 1. The molecule has 0 radical (unpaired) electrons. The zero-order valence-corrected chi connectivity index (χ0v) is 11.5. The number of hydrogen-bond donors (Lipinski definition) is 4. The van der Waals surface area contributed by atoms with Crippen LogP contribution in [-0.2, 0) is 0 Å². The molecular weight excluding hydrogens is 290 g/mol. The maximum absolute atomic E-state index is 11.6. The molecule has 0 atom stereocenters. The zero-order chi connectivity index (χ0) is 15.0. The van der Waals surface area contributed by atoms with Gasteiger partial charge < -0.3 is 16.5 Å². The van der Waals surface area contributed by atoms with E-state index in [0.717, 1.165) is 10.6 Å². The lowest BCUT2D eigenvalue weighted by Crippen LogP contribution is -2.22. The minimum absolute atomic E-state index is 0.196. The summed E-state index contributed by atoms with van der Waals surface area (Å²) in [6, 6.07) is 4.67. The van der Waals surface area contributed by atoms with Crippen LogP contribution in [0.15, 0.2) is 29.8 Å². The number of rotatable bonds is 3. The van der Waals surface area contributed by atoms with E-state index in [2.05, 4.69) is 15.3 Å². The first-order valence-corrected chi connectivity index (χ1v) is 6.86. The Morgan fingerprint density at radius 1 is 1.29 bits per heavy atom. The highest BCUT2D eigenvalue weighted by atomic mass is 32.1. The second kappa shape index (κ2) is 4.91. The van der Waals surface area contributed by atoms with E-state index < -0.39 is 11.9 Å². The standard InChI is InChI=1S/C13H11N5O2S/c14-10(19)9-7-2-1-6(12-16-3-4-21-12)5-8(7)17-11(9)18-13(15)20/h1-5,17H,(H2,14,19)(H3,15,18,20). The normalized spacial score (nSPS) is 10.7. The van der Waals surface area contributed by atoms with Crippen LogP contribution in [0.3, 0.4) is 0 Å². The fourth-order valence-corrected chi connectivity index (χ4v) is 2.80. The summed E-state index contributed by atoms with van der Waals surface area (Å²) in [5, 5.41) is 5.72. The van der Waals surface area contributed by atoms with E-state index >= 15 is 0 Å². The van der Waals surface area contributed by atoms with Crippen LogP contribution in [0, 0.1) is 0 Å². The Labute approximate surface area is 123 Å². The topological polar surface area (TPSA) is 127 Å². The first kappa shape index (κ1) is 13.1. The molecule has 1 aromatic carbocycles. The van der Waals surface area contributed by atoms with E-state index in [9.17, 15) is 9.59 Å². The van der Waals surface area contributed by atoms with Crippen LogP contribution in [-0.4, -0.2) is 21.9 Å². The number of fused-ring (bicyclic) bond motifs is 1. The Hall–Kier alpha value is -2.87. The quantitative estimate of drug-likeness (QED) is 0.589. The lowest BCUT2D eigenvalue weighted by molar-refractivity contribution is 0.100. The Kier molecular flexibility index (Phi) is 3.07. The van der Waals surface area contributed by atoms with Gasteiger partial charge in [0, 0.05) is 28.0 Å². The van der Waals surface area contributed by atoms with Crippen molar-refractivity contribution >= 4 is 40.0 Å². The fourth-order valence-electron chi connectivity index (χ4n) is 2.17. The van der Waals surface area contributed by atoms with Gasteiger partial charge in [0.05, 0.1) is 5.56 Å². The van der Waals surface area contributed by atoms with Crippen molar-refractivity contribution in [2.75, 3.05) is 5.32 Å². The highest BCUT2D eigenvalue weighted by Gasteiger charge is 2.18. The van der Waals surface area contributed by atoms with Gasteiger partial charge in [0.15, 0.2) is 0 Å². The second-order valence-corrected chi connectivity index (χ2v) is 5.22. The van der Waals surface area contributed by atoms with Crippen LogP contribution < -0.4 is 16.8 Å². The number of thiazole rings is 1. The van der Waals surface area contributed by atoms with Gasteiger partial charge in [-0.3, -0.25) is 10.1 Å². The van der Waals surface area contributed by atoms with Gasteiger partial charge in [-0.25, -0.2) is 9.78 Å². The summed E-state index contributed by atoms with van der Waals surface area (Å²) < 4.78 is 0. The summed E-state index contributed by atoms with van der Waals surface area (Å²) in [6.07, 6.45) is 1.72. The van der Waals surface area contributed by atoms with E-state index in [1.165, 1.54) is 11.3 Å². The molecule has 21 heavy (non-hydrogen) atoms. The number of carbonyl (C=O) groups excluding carboxylic acids is 2. The van der Waals surface area contributed by atoms with Gasteiger partial charge in [-0.05, 0) is 6.07 Å². The Morgan fingerprint density at radius 3 is 2.71 bits per heavy atom. The van der Waals surface area contributed by atoms with Gasteiger partial charge >= 0.3 is 6.03 Å². The molecule has 0 aliphatic heterocycles. The molecule has 0 aliphatic rings. The number of anilines is 1. The van der Waals surface area contributed by atoms with Crippen LogP contribution >= 0.6 is 11.3 Å². The minimum Gasteiger partial charge on any atom is -0.365 e. The van der Waals surface area contributed by atoms with E-state index in [1.807, 2.05) is 17.5 Å². The van der Waals surface area contributed by atoms with Gasteiger partial charge in [0.25, 0.3) is 5.91 Å². The number of urea groups is 1. The third-order valence-electron chi connectivity index (χ3n) is 2.97. The van der Waals surface area contributed by atoms with Crippen molar-refractivity contribution < 1.29 is 9.59 Å². The number of aromatic amines is 1. The molecule has 3 rings (SSSR count). The molecule has 6 N–H and O–H groups in total. The van der Waals surface area contributed by atoms with Crippen LogP contribution in [0.25, 0.3) is 21.5 Å². The molecule has 8 heteroatoms. The molecule has 0 bridgehead atoms. The average Bonchev–Trinajstić information content (AvgIpc) is 3.03. The lowest BCUT2D eigenvalue weighted by Gasteiger charge is -2.00. The predicted octanol–water partition coefficient (Wildman–Crippen LogP) is 1.88. The van der Waals surface area contributed by atoms with Gasteiger partial charge in [-0.1, -0.05) is 12.1 Å². The summed E-state index contributed by atoms with van der Waals surface area (Å²) in [7, 11) is 0. The number of benzene rings is 1. The largest absolute Gasteiger partial charge is 0.365 e. The van der Waals surface area contributed by atoms with Crippen LogP contribution in [0.2, 0.25) is 0 Å². The maximum Gasteiger partial charge on any atom is 0.317 e. The van der Waals surface area contributed by atoms with Crippen molar-refractivity contribution in [2.24, 2.45) is 11.5 Å². The van der Waals surface area contributed by atoms with E-state index in [1.54, 1.807) is 12.3 Å². The highest BCUT2D eigenvalue weighted by Crippen LogP contribution is 2.30. The maximum atomic E-state index is 11.6. The molecular formula is C13H11N5O2S. The third-order valence-corrected chi connectivity index (χ3v) is 3.79. The van der Waals surface area contributed by atoms with E-state index in [4.69, 9.17) is 11.5 Å². The summed E-state index contributed by atoms with van der Waals surface area (Å²) in [6.45, 7) is 0. The van der Waals surface area contributed by atoms with E-state index in [0.29, 0.717) is 10.9 Å². The number of nitrogens with one attached hydrogen (secondary N) is 2. The molecule has 7 nitrogen and oxygen atoms in total. The van der Waals surface area contributed by atoms with Gasteiger partial charge in [0.1, 0.15) is 10.8 Å². The molecule has 2 heterocycles. The molecule has 2 aromatic heterocycles. The molecule has 3 amide bonds. The van der Waals surface area contributed by atoms with Crippen molar-refractivity contribution in [1.29, 1.82) is 0 Å². The Morgan fingerprint density at radius 2 is 2.10 bits per heavy atom. The molecule has 3 aromatic rings. The van der Waals surface area contributed by atoms with Crippen LogP contribution in [0.4, 0.5) is 10.6 Å². The second-order valence-electron chi connectivity index (χ2n) is 4.33. The molecule has 0 fully saturated rings. The molecule has 0 saturated carbocycles. The molecule has 0 saturated heterocycles. The monoisotopic (exact) mass is 301 g/mol. The summed E-state index contributed by atoms with van der Waals surface area (Å²) in [5.41, 5.74) is 12.2. The Bertz CT molecular complexity index is 838. The molecule has 106 valence electrons. The van der Waals surface area contributed by atoms with Crippen LogP contribution in [0.5, 0.6) is 0 Å². The minimum atomic E-state index is -0.774. The van der Waals surface area contributed by atoms with Gasteiger partial charge in [-0.2, -0.15) is 0 Å². The summed E-state index contributed by atoms with van der Waals surface area (Å²) in [5.74, 6) is -0.451. The summed E-state index contributed by atoms with van der Waals surface area (Å²) in [4.78, 5) is 29.8. The number of carbonyl (C=O) groups is 2. The first-order chi connectivity index (χ1) is 10.1. The first-order valence-electron chi connectivity index (χ1n) is 5.98. The zero-order valence-electron chi connectivity index (χ0n) is 10.7. The average molecular weight is 301 g/mol. The van der Waals surface area contributed by atoms with E-state index in [-0.39, 0.29) is 11.4 Å². The van der Waals surface area contributed by atoms with Gasteiger partial charge in [0.2, 0.25) is 0 Å². The molecule has 0 spiro atoms. The van der Waals surface area contributed by atoms with Crippen LogP contribution in [0.1, 0.15) is 10.4 Å². The van der Waals surface area contributed by atoms with Crippen molar-refractivity contribution in [2.45, 2.75) is 0 Å². The summed E-state index contributed by atoms with van der Waals surface area (Å²) >= 11 is 1.51. The molecule has 0 unspecified atom stereocenters. The molecule has 0 aliphatic carbocycles. The SMILES string of the molecule is NC(=O)Nc1[nH]c2cc(-c3nccs3)ccc2c1C(N)=O. The fraction of sp³-hybridized carbons (Fsp3) is 0. The number of aromatic nitrogens is 2. The van der Waals surface area contributed by atoms with Crippen molar-refractivity contribution in [3.05, 3.63) is 35.3 Å². The third kappa shape index (κ3) is 2.32. The van der Waals surface area contributed by atoms with Crippen molar-refractivity contribution in [3.8, 4) is 10.6 Å². The Balaban J connectivity index is 2.18. The van der Waals surface area contributed by atoms with Crippen molar-refractivity contribution in [3.63, 3.8) is 0 Å². The number of primary amides is 2. The highest BCUT2D eigenvalue weighted by molar-refractivity contribution is 7.13. The number of hydrogen-bond acceptors (Lipinski definition) is 4. The smallest absolute Gasteiger partial charge is 0.317 e. The number of amides is 3.